The fraction of sp³-hybridized carbons (Fsp3) is 0.778. The Morgan fingerprint density at radius 3 is 2.50 bits per heavy atom. The molecule has 80 valence electrons. The summed E-state index contributed by atoms with van der Waals surface area (Å²) in [5.41, 5.74) is 0. The highest BCUT2D eigenvalue weighted by molar-refractivity contribution is 5.71. The fourth-order valence-corrected chi connectivity index (χ4v) is 1.17. The van der Waals surface area contributed by atoms with Crippen molar-refractivity contribution < 1.29 is 19.1 Å². The lowest BCUT2D eigenvalue weighted by Gasteiger charge is -2.18. The first-order valence-corrected chi connectivity index (χ1v) is 4.74. The molecule has 1 N–H and O–H groups in total. The van der Waals surface area contributed by atoms with E-state index < -0.39 is 6.23 Å². The van der Waals surface area contributed by atoms with Crippen LogP contribution in [0.15, 0.2) is 0 Å². The van der Waals surface area contributed by atoms with E-state index in [-0.39, 0.29) is 18.5 Å². The number of likely N-dealkylation sites (N-methyl/N-ethyl adjacent to an activating group) is 1. The maximum atomic E-state index is 11.1. The van der Waals surface area contributed by atoms with Crippen molar-refractivity contribution in [2.24, 2.45) is 0 Å². The first-order chi connectivity index (χ1) is 6.72. The van der Waals surface area contributed by atoms with Gasteiger partial charge >= 0.3 is 11.9 Å². The number of esters is 2. The number of hydrogen-bond acceptors (Lipinski definition) is 5. The minimum absolute atomic E-state index is 0.0844. The highest BCUT2D eigenvalue weighted by Gasteiger charge is 2.16. The molecular formula is C9H15NO4. The van der Waals surface area contributed by atoms with E-state index in [1.807, 2.05) is 0 Å². The Hall–Kier alpha value is -1.10. The normalized spacial score (nSPS) is 25.1. The van der Waals surface area contributed by atoms with Gasteiger partial charge in [-0.15, -0.1) is 0 Å². The summed E-state index contributed by atoms with van der Waals surface area (Å²) in [5.74, 6) is -0.481. The van der Waals surface area contributed by atoms with Crippen LogP contribution in [0.25, 0.3) is 0 Å². The van der Waals surface area contributed by atoms with E-state index >= 15 is 0 Å². The summed E-state index contributed by atoms with van der Waals surface area (Å²) in [6, 6.07) is 0. The van der Waals surface area contributed by atoms with Gasteiger partial charge in [0.25, 0.3) is 0 Å². The molecule has 0 amide bonds. The third-order valence-corrected chi connectivity index (χ3v) is 2.00. The maximum absolute atomic E-state index is 11.1. The van der Waals surface area contributed by atoms with Gasteiger partial charge in [0.05, 0.1) is 0 Å². The second-order valence-electron chi connectivity index (χ2n) is 3.16. The first kappa shape index (κ1) is 11.0. The van der Waals surface area contributed by atoms with Gasteiger partial charge in [-0.1, -0.05) is 0 Å². The molecule has 0 bridgehead atoms. The van der Waals surface area contributed by atoms with Crippen molar-refractivity contribution in [1.82, 2.24) is 5.32 Å². The molecule has 1 saturated heterocycles. The Morgan fingerprint density at radius 2 is 1.86 bits per heavy atom. The number of nitrogens with one attached hydrogen (secondary N) is 1. The second kappa shape index (κ2) is 5.59. The fourth-order valence-electron chi connectivity index (χ4n) is 1.17. The summed E-state index contributed by atoms with van der Waals surface area (Å²) in [6.45, 7) is 0.0844. The Morgan fingerprint density at radius 1 is 1.21 bits per heavy atom. The average molecular weight is 201 g/mol. The highest BCUT2D eigenvalue weighted by atomic mass is 16.6. The molecule has 1 unspecified atom stereocenters. The van der Waals surface area contributed by atoms with Crippen LogP contribution in [0.4, 0.5) is 0 Å². The molecule has 0 aromatic rings. The van der Waals surface area contributed by atoms with Gasteiger partial charge in [-0.25, -0.2) is 0 Å². The summed E-state index contributed by atoms with van der Waals surface area (Å²) in [5, 5.41) is 2.75. The van der Waals surface area contributed by atoms with Crippen LogP contribution in [-0.2, 0) is 19.1 Å². The van der Waals surface area contributed by atoms with Crippen LogP contribution in [0.5, 0.6) is 0 Å². The zero-order valence-electron chi connectivity index (χ0n) is 8.25. The Bertz CT molecular complexity index is 217. The molecule has 0 aliphatic carbocycles. The summed E-state index contributed by atoms with van der Waals surface area (Å²) in [6.07, 6.45) is 1.57. The molecule has 1 atom stereocenters. The zero-order valence-corrected chi connectivity index (χ0v) is 8.25. The van der Waals surface area contributed by atoms with Gasteiger partial charge in [0.15, 0.2) is 6.23 Å². The van der Waals surface area contributed by atoms with Gasteiger partial charge in [-0.05, 0) is 19.9 Å². The molecule has 1 rings (SSSR count). The number of ether oxygens (including phenoxy) is 2. The molecule has 1 heterocycles. The molecule has 5 nitrogen and oxygen atoms in total. The van der Waals surface area contributed by atoms with E-state index in [0.29, 0.717) is 25.7 Å². The summed E-state index contributed by atoms with van der Waals surface area (Å²) in [4.78, 5) is 22.2. The number of cyclic esters (lactones) is 2. The van der Waals surface area contributed by atoms with Gasteiger partial charge in [-0.2, -0.15) is 0 Å². The molecule has 0 radical (unpaired) electrons. The molecule has 1 aliphatic rings. The molecule has 5 heteroatoms. The largest absolute Gasteiger partial charge is 0.460 e. The maximum Gasteiger partial charge on any atom is 0.307 e. The zero-order chi connectivity index (χ0) is 10.4. The predicted molar refractivity (Wildman–Crippen MR) is 48.4 cm³/mol. The smallest absolute Gasteiger partial charge is 0.307 e. The lowest BCUT2D eigenvalue weighted by molar-refractivity contribution is -0.162. The van der Waals surface area contributed by atoms with E-state index in [0.717, 1.165) is 0 Å². The molecule has 0 aromatic carbocycles. The van der Waals surface area contributed by atoms with E-state index in [9.17, 15) is 9.59 Å². The predicted octanol–water partition coefficient (Wildman–Crippen LogP) is 0.192. The minimum atomic E-state index is -0.524. The Balaban J connectivity index is 2.46. The Labute approximate surface area is 82.8 Å². The van der Waals surface area contributed by atoms with Crippen molar-refractivity contribution >= 4 is 11.9 Å². The average Bonchev–Trinajstić information content (AvgIpc) is 2.18. The van der Waals surface area contributed by atoms with E-state index in [1.165, 1.54) is 0 Å². The Kier molecular flexibility index (Phi) is 4.39. The van der Waals surface area contributed by atoms with Crippen molar-refractivity contribution in [1.29, 1.82) is 0 Å². The number of rotatable bonds is 1. The molecule has 0 spiro atoms. The van der Waals surface area contributed by atoms with E-state index in [2.05, 4.69) is 5.32 Å². The second-order valence-corrected chi connectivity index (χ2v) is 3.16. The molecule has 1 fully saturated rings. The summed E-state index contributed by atoms with van der Waals surface area (Å²) in [7, 11) is 1.65. The van der Waals surface area contributed by atoms with E-state index in [1.54, 1.807) is 7.05 Å². The van der Waals surface area contributed by atoms with Crippen LogP contribution < -0.4 is 5.32 Å². The minimum Gasteiger partial charge on any atom is -0.460 e. The summed E-state index contributed by atoms with van der Waals surface area (Å²) >= 11 is 0. The third kappa shape index (κ3) is 3.74. The van der Waals surface area contributed by atoms with Gasteiger partial charge in [-0.3, -0.25) is 14.9 Å². The lowest BCUT2D eigenvalue weighted by atomic mass is 10.2. The van der Waals surface area contributed by atoms with Crippen molar-refractivity contribution in [2.75, 3.05) is 13.7 Å². The van der Waals surface area contributed by atoms with Crippen molar-refractivity contribution in [2.45, 2.75) is 31.9 Å². The molecule has 14 heavy (non-hydrogen) atoms. The van der Waals surface area contributed by atoms with Crippen LogP contribution >= 0.6 is 0 Å². The van der Waals surface area contributed by atoms with Crippen LogP contribution in [-0.4, -0.2) is 31.8 Å². The van der Waals surface area contributed by atoms with Gasteiger partial charge in [0.1, 0.15) is 6.61 Å². The van der Waals surface area contributed by atoms with Crippen molar-refractivity contribution in [3.05, 3.63) is 0 Å². The van der Waals surface area contributed by atoms with Crippen LogP contribution in [0.1, 0.15) is 25.7 Å². The van der Waals surface area contributed by atoms with Gasteiger partial charge < -0.3 is 9.47 Å². The standard InChI is InChI=1S/C9H15NO4/c1-10-7-6-13-8(11)4-2-3-5-9(12)14-7/h7,10H,2-6H2,1H3. The van der Waals surface area contributed by atoms with E-state index in [4.69, 9.17) is 9.47 Å². The van der Waals surface area contributed by atoms with Gasteiger partial charge in [0.2, 0.25) is 0 Å². The lowest BCUT2D eigenvalue weighted by Crippen LogP contribution is -2.36. The van der Waals surface area contributed by atoms with Crippen LogP contribution in [0.3, 0.4) is 0 Å². The SMILES string of the molecule is CNC1COC(=O)CCCCC(=O)O1. The molecule has 0 aromatic heterocycles. The molecule has 1 aliphatic heterocycles. The van der Waals surface area contributed by atoms with Crippen LogP contribution in [0.2, 0.25) is 0 Å². The highest BCUT2D eigenvalue weighted by Crippen LogP contribution is 2.06. The topological polar surface area (TPSA) is 64.6 Å². The van der Waals surface area contributed by atoms with Crippen LogP contribution in [0, 0.1) is 0 Å². The van der Waals surface area contributed by atoms with Crippen molar-refractivity contribution in [3.8, 4) is 0 Å². The van der Waals surface area contributed by atoms with Gasteiger partial charge in [0, 0.05) is 12.8 Å². The van der Waals surface area contributed by atoms with Crippen molar-refractivity contribution in [3.63, 3.8) is 0 Å². The number of hydrogen-bond donors (Lipinski definition) is 1. The first-order valence-electron chi connectivity index (χ1n) is 4.74. The molecule has 0 saturated carbocycles. The quantitative estimate of drug-likeness (QED) is 0.613. The third-order valence-electron chi connectivity index (χ3n) is 2.00. The number of carbonyl (C=O) groups excluding carboxylic acids is 2. The monoisotopic (exact) mass is 201 g/mol. The molecular weight excluding hydrogens is 186 g/mol. The summed E-state index contributed by atoms with van der Waals surface area (Å²) < 4.78 is 9.89. The number of carbonyl (C=O) groups is 2.